The number of imidazole rings is 1. The third kappa shape index (κ3) is 7.74. The summed E-state index contributed by atoms with van der Waals surface area (Å²) >= 11 is 0. The number of carbonyl (C=O) groups is 3. The van der Waals surface area contributed by atoms with Gasteiger partial charge in [-0.25, -0.2) is 9.78 Å². The Balaban J connectivity index is 1.63. The average molecular weight is 561 g/mol. The van der Waals surface area contributed by atoms with Gasteiger partial charge in [-0.05, 0) is 88.3 Å². The molecule has 1 saturated heterocycles. The van der Waals surface area contributed by atoms with Gasteiger partial charge in [-0.3, -0.25) is 9.59 Å². The predicted molar refractivity (Wildman–Crippen MR) is 156 cm³/mol. The highest BCUT2D eigenvalue weighted by Gasteiger charge is 2.36. The van der Waals surface area contributed by atoms with Gasteiger partial charge in [-0.15, -0.1) is 0 Å². The fraction of sp³-hybridized carbons (Fsp3) is 0.438. The molecule has 218 valence electrons. The summed E-state index contributed by atoms with van der Waals surface area (Å²) in [6, 6.07) is 12.4. The number of alkyl carbamates (subject to hydrolysis) is 1. The molecule has 2 aromatic carbocycles. The normalized spacial score (nSPS) is 16.1. The number of esters is 1. The summed E-state index contributed by atoms with van der Waals surface area (Å²) in [5, 5.41) is 2.86. The Morgan fingerprint density at radius 3 is 2.41 bits per heavy atom. The number of amides is 2. The van der Waals surface area contributed by atoms with Gasteiger partial charge in [0.25, 0.3) is 0 Å². The van der Waals surface area contributed by atoms with Crippen LogP contribution in [0.25, 0.3) is 11.3 Å². The molecular formula is C32H40N4O5. The lowest BCUT2D eigenvalue weighted by molar-refractivity contribution is -0.137. The van der Waals surface area contributed by atoms with Crippen molar-refractivity contribution in [3.05, 3.63) is 71.2 Å². The lowest BCUT2D eigenvalue weighted by Gasteiger charge is -2.37. The van der Waals surface area contributed by atoms with Crippen LogP contribution >= 0.6 is 0 Å². The van der Waals surface area contributed by atoms with Gasteiger partial charge in [0, 0.05) is 19.9 Å². The van der Waals surface area contributed by atoms with E-state index in [4.69, 9.17) is 9.47 Å². The second-order valence-electron chi connectivity index (χ2n) is 11.6. The molecule has 1 aliphatic heterocycles. The number of H-pyrrole nitrogens is 1. The maximum absolute atomic E-state index is 14.2. The van der Waals surface area contributed by atoms with Crippen LogP contribution in [0.15, 0.2) is 48.7 Å². The number of benzene rings is 2. The molecule has 2 heterocycles. The van der Waals surface area contributed by atoms with Crippen molar-refractivity contribution in [3.8, 4) is 17.0 Å². The van der Waals surface area contributed by atoms with Gasteiger partial charge in [-0.1, -0.05) is 30.3 Å². The Kier molecular flexibility index (Phi) is 9.15. The number of carbonyl (C=O) groups excluding carboxylic acids is 3. The van der Waals surface area contributed by atoms with Gasteiger partial charge >= 0.3 is 12.1 Å². The van der Waals surface area contributed by atoms with Crippen LogP contribution in [0.3, 0.4) is 0 Å². The molecule has 1 aliphatic rings. The first-order chi connectivity index (χ1) is 19.4. The molecule has 9 heteroatoms. The van der Waals surface area contributed by atoms with Crippen LogP contribution in [0, 0.1) is 13.8 Å². The van der Waals surface area contributed by atoms with E-state index in [1.54, 1.807) is 39.1 Å². The number of likely N-dealkylation sites (tertiary alicyclic amines) is 1. The first-order valence-corrected chi connectivity index (χ1v) is 14.1. The van der Waals surface area contributed by atoms with Crippen molar-refractivity contribution < 1.29 is 23.9 Å². The Morgan fingerprint density at radius 2 is 1.78 bits per heavy atom. The second-order valence-corrected chi connectivity index (χ2v) is 11.6. The van der Waals surface area contributed by atoms with Crippen molar-refractivity contribution in [1.29, 1.82) is 0 Å². The van der Waals surface area contributed by atoms with Crippen LogP contribution in [0.4, 0.5) is 4.79 Å². The van der Waals surface area contributed by atoms with E-state index in [2.05, 4.69) is 15.3 Å². The predicted octanol–water partition coefficient (Wildman–Crippen LogP) is 5.81. The number of hydrogen-bond donors (Lipinski definition) is 2. The number of piperidine rings is 1. The maximum atomic E-state index is 14.2. The monoisotopic (exact) mass is 560 g/mol. The molecule has 9 nitrogen and oxygen atoms in total. The summed E-state index contributed by atoms with van der Waals surface area (Å²) in [7, 11) is 0. The molecule has 2 atom stereocenters. The first-order valence-electron chi connectivity index (χ1n) is 14.1. The Bertz CT molecular complexity index is 1370. The van der Waals surface area contributed by atoms with E-state index in [9.17, 15) is 14.4 Å². The topological polar surface area (TPSA) is 114 Å². The number of aromatic amines is 1. The summed E-state index contributed by atoms with van der Waals surface area (Å²) in [5.74, 6) is 0.579. The minimum atomic E-state index is -0.869. The van der Waals surface area contributed by atoms with E-state index < -0.39 is 23.7 Å². The van der Waals surface area contributed by atoms with Crippen LogP contribution in [-0.4, -0.2) is 51.0 Å². The number of rotatable bonds is 7. The number of aromatic nitrogens is 2. The standard InChI is InChI=1S/C32H40N4O5/c1-20-16-24(40-22(3)37)17-21(2)25(20)18-26(35-31(39)41-32(4,5)6)30(38)36-15-11-10-14-28(36)29-33-19-27(34-29)23-12-8-7-9-13-23/h7-9,12-13,16-17,19,26,28H,10-11,14-15,18H2,1-6H3,(H,33,34)(H,35,39)/t26-,28?/m1/s1. The molecule has 0 bridgehead atoms. The quantitative estimate of drug-likeness (QED) is 0.279. The molecule has 0 radical (unpaired) electrons. The number of nitrogens with zero attached hydrogens (tertiary/aromatic N) is 2. The second kappa shape index (κ2) is 12.6. The SMILES string of the molecule is CC(=O)Oc1cc(C)c(C[C@@H](NC(=O)OC(C)(C)C)C(=O)N2CCCCC2c2ncc(-c3ccccc3)[nH]2)c(C)c1. The van der Waals surface area contributed by atoms with Crippen LogP contribution < -0.4 is 10.1 Å². The molecule has 4 rings (SSSR count). The van der Waals surface area contributed by atoms with Gasteiger partial charge < -0.3 is 24.7 Å². The Labute approximate surface area is 241 Å². The molecular weight excluding hydrogens is 520 g/mol. The fourth-order valence-corrected chi connectivity index (χ4v) is 5.30. The van der Waals surface area contributed by atoms with Crippen molar-refractivity contribution in [2.45, 2.75) is 84.9 Å². The zero-order valence-corrected chi connectivity index (χ0v) is 24.7. The highest BCUT2D eigenvalue weighted by atomic mass is 16.6. The molecule has 2 amide bonds. The average Bonchev–Trinajstić information content (AvgIpc) is 3.39. The molecule has 3 aromatic rings. The molecule has 41 heavy (non-hydrogen) atoms. The first kappa shape index (κ1) is 29.8. The van der Waals surface area contributed by atoms with Gasteiger partial charge in [0.15, 0.2) is 0 Å². The molecule has 0 saturated carbocycles. The number of aryl methyl sites for hydroxylation is 2. The van der Waals surface area contributed by atoms with E-state index >= 15 is 0 Å². The lowest BCUT2D eigenvalue weighted by atomic mass is 9.94. The molecule has 1 aromatic heterocycles. The summed E-state index contributed by atoms with van der Waals surface area (Å²) < 4.78 is 10.8. The van der Waals surface area contributed by atoms with Crippen LogP contribution in [0.1, 0.15) is 75.5 Å². The van der Waals surface area contributed by atoms with Crippen molar-refractivity contribution in [3.63, 3.8) is 0 Å². The van der Waals surface area contributed by atoms with Gasteiger partial charge in [0.05, 0.1) is 17.9 Å². The Morgan fingerprint density at radius 1 is 1.10 bits per heavy atom. The van der Waals surface area contributed by atoms with E-state index in [0.29, 0.717) is 12.3 Å². The zero-order chi connectivity index (χ0) is 29.7. The van der Waals surface area contributed by atoms with E-state index in [0.717, 1.165) is 53.0 Å². The molecule has 2 N–H and O–H groups in total. The third-order valence-corrected chi connectivity index (χ3v) is 7.11. The summed E-state index contributed by atoms with van der Waals surface area (Å²) in [6.45, 7) is 11.1. The summed E-state index contributed by atoms with van der Waals surface area (Å²) in [6.07, 6.45) is 4.00. The maximum Gasteiger partial charge on any atom is 0.408 e. The minimum Gasteiger partial charge on any atom is -0.444 e. The van der Waals surface area contributed by atoms with Crippen molar-refractivity contribution in [2.24, 2.45) is 0 Å². The largest absolute Gasteiger partial charge is 0.444 e. The fourth-order valence-electron chi connectivity index (χ4n) is 5.30. The molecule has 1 fully saturated rings. The van der Waals surface area contributed by atoms with Crippen LogP contribution in [0.2, 0.25) is 0 Å². The highest BCUT2D eigenvalue weighted by molar-refractivity contribution is 5.86. The zero-order valence-electron chi connectivity index (χ0n) is 24.7. The minimum absolute atomic E-state index is 0.193. The highest BCUT2D eigenvalue weighted by Crippen LogP contribution is 2.32. The van der Waals surface area contributed by atoms with E-state index in [1.165, 1.54) is 6.92 Å². The lowest BCUT2D eigenvalue weighted by Crippen LogP contribution is -2.52. The summed E-state index contributed by atoms with van der Waals surface area (Å²) in [5.41, 5.74) is 3.81. The van der Waals surface area contributed by atoms with Gasteiger partial charge in [0.2, 0.25) is 5.91 Å². The molecule has 1 unspecified atom stereocenters. The van der Waals surface area contributed by atoms with Crippen molar-refractivity contribution in [2.75, 3.05) is 6.54 Å². The van der Waals surface area contributed by atoms with Crippen molar-refractivity contribution >= 4 is 18.0 Å². The smallest absolute Gasteiger partial charge is 0.408 e. The number of hydrogen-bond acceptors (Lipinski definition) is 6. The van der Waals surface area contributed by atoms with Gasteiger partial charge in [-0.2, -0.15) is 0 Å². The van der Waals surface area contributed by atoms with Crippen molar-refractivity contribution in [1.82, 2.24) is 20.2 Å². The summed E-state index contributed by atoms with van der Waals surface area (Å²) in [4.78, 5) is 48.6. The number of ether oxygens (including phenoxy) is 2. The van der Waals surface area contributed by atoms with E-state index in [1.807, 2.05) is 49.1 Å². The van der Waals surface area contributed by atoms with E-state index in [-0.39, 0.29) is 18.4 Å². The molecule has 0 aliphatic carbocycles. The third-order valence-electron chi connectivity index (χ3n) is 7.11. The van der Waals surface area contributed by atoms with Gasteiger partial charge in [0.1, 0.15) is 23.2 Å². The Hall–Kier alpha value is -4.14. The van der Waals surface area contributed by atoms with Crippen LogP contribution in [0.5, 0.6) is 5.75 Å². The molecule has 0 spiro atoms. The number of nitrogens with one attached hydrogen (secondary N) is 2. The van der Waals surface area contributed by atoms with Crippen LogP contribution in [-0.2, 0) is 20.7 Å².